The van der Waals surface area contributed by atoms with Gasteiger partial charge in [-0.05, 0) is 25.1 Å². The minimum Gasteiger partial charge on any atom is -0.377 e. The van der Waals surface area contributed by atoms with Gasteiger partial charge in [-0.1, -0.05) is 6.07 Å². The van der Waals surface area contributed by atoms with Gasteiger partial charge in [0.2, 0.25) is 5.95 Å². The third kappa shape index (κ3) is 4.54. The second-order valence-corrected chi connectivity index (χ2v) is 6.73. The Hall–Kier alpha value is -2.72. The van der Waals surface area contributed by atoms with Crippen LogP contribution in [-0.4, -0.2) is 45.7 Å². The molecule has 0 radical (unpaired) electrons. The number of pyridine rings is 2. The number of fused-ring (bicyclic) bond motifs is 1. The summed E-state index contributed by atoms with van der Waals surface area (Å²) < 4.78 is 45.2. The fraction of sp³-hybridized carbons (Fsp3) is 0.368. The molecule has 0 aromatic carbocycles. The predicted octanol–water partition coefficient (Wildman–Crippen LogP) is 3.70. The number of hydrogen-bond donors (Lipinski definition) is 1. The molecule has 160 valence electrons. The Kier molecular flexibility index (Phi) is 6.57. The number of rotatable bonds is 4. The number of nitrogens with zero attached hydrogens (tertiary/aromatic N) is 5. The summed E-state index contributed by atoms with van der Waals surface area (Å²) in [6.07, 6.45) is -1.77. The number of nitrogens with one attached hydrogen (secondary N) is 1. The number of morpholine rings is 1. The van der Waals surface area contributed by atoms with Crippen molar-refractivity contribution in [1.29, 1.82) is 0 Å². The largest absolute Gasteiger partial charge is 0.433 e. The molecule has 0 amide bonds. The van der Waals surface area contributed by atoms with Gasteiger partial charge in [-0.2, -0.15) is 23.1 Å². The maximum absolute atomic E-state index is 13.2. The van der Waals surface area contributed by atoms with Crippen LogP contribution in [-0.2, 0) is 17.5 Å². The Bertz CT molecular complexity index is 1020. The van der Waals surface area contributed by atoms with Crippen LogP contribution in [0.3, 0.4) is 0 Å². The van der Waals surface area contributed by atoms with Crippen LogP contribution in [0.25, 0.3) is 11.0 Å². The average Bonchev–Trinajstić information content (AvgIpc) is 2.71. The van der Waals surface area contributed by atoms with E-state index in [1.807, 2.05) is 11.8 Å². The molecule has 30 heavy (non-hydrogen) atoms. The lowest BCUT2D eigenvalue weighted by atomic mass is 10.2. The molecule has 1 atom stereocenters. The minimum atomic E-state index is -4.53. The molecule has 1 saturated heterocycles. The molecule has 7 nitrogen and oxygen atoms in total. The molecule has 1 aliphatic rings. The van der Waals surface area contributed by atoms with Gasteiger partial charge >= 0.3 is 6.18 Å². The van der Waals surface area contributed by atoms with Crippen LogP contribution in [0.5, 0.6) is 0 Å². The minimum absolute atomic E-state index is 0. The van der Waals surface area contributed by atoms with Crippen molar-refractivity contribution in [3.8, 4) is 0 Å². The van der Waals surface area contributed by atoms with Gasteiger partial charge in [0.05, 0.1) is 24.6 Å². The van der Waals surface area contributed by atoms with Crippen molar-refractivity contribution in [1.82, 2.24) is 19.9 Å². The summed E-state index contributed by atoms with van der Waals surface area (Å²) in [7, 11) is 0. The van der Waals surface area contributed by atoms with Crippen LogP contribution in [0.15, 0.2) is 36.7 Å². The molecule has 0 spiro atoms. The highest BCUT2D eigenvalue weighted by molar-refractivity contribution is 5.87. The van der Waals surface area contributed by atoms with Crippen LogP contribution < -0.4 is 10.2 Å². The Morgan fingerprint density at radius 1 is 1.17 bits per heavy atom. The highest BCUT2D eigenvalue weighted by Gasteiger charge is 2.35. The molecule has 0 saturated carbocycles. The van der Waals surface area contributed by atoms with Crippen LogP contribution in [0, 0.1) is 0 Å². The van der Waals surface area contributed by atoms with E-state index < -0.39 is 11.9 Å². The first kappa shape index (κ1) is 22.0. The second-order valence-electron chi connectivity index (χ2n) is 6.73. The van der Waals surface area contributed by atoms with Crippen molar-refractivity contribution in [3.63, 3.8) is 0 Å². The first-order chi connectivity index (χ1) is 13.9. The Balaban J connectivity index is 0.00000256. The van der Waals surface area contributed by atoms with Gasteiger partial charge in [-0.15, -0.1) is 12.4 Å². The lowest BCUT2D eigenvalue weighted by molar-refractivity contribution is -0.141. The van der Waals surface area contributed by atoms with Gasteiger partial charge in [-0.25, -0.2) is 4.98 Å². The number of anilines is 2. The quantitative estimate of drug-likeness (QED) is 0.663. The van der Waals surface area contributed by atoms with E-state index in [1.165, 1.54) is 12.1 Å². The molecule has 1 fully saturated rings. The van der Waals surface area contributed by atoms with Crippen LogP contribution in [0.4, 0.5) is 24.9 Å². The number of halogens is 4. The van der Waals surface area contributed by atoms with Gasteiger partial charge in [-0.3, -0.25) is 4.98 Å². The highest BCUT2D eigenvalue weighted by Crippen LogP contribution is 2.31. The van der Waals surface area contributed by atoms with E-state index in [1.54, 1.807) is 18.3 Å². The van der Waals surface area contributed by atoms with Gasteiger partial charge in [0.25, 0.3) is 0 Å². The fourth-order valence-corrected chi connectivity index (χ4v) is 3.25. The number of alkyl halides is 3. The molecule has 0 aliphatic carbocycles. The molecule has 3 aromatic rings. The van der Waals surface area contributed by atoms with E-state index in [4.69, 9.17) is 4.74 Å². The molecule has 4 heterocycles. The standard InChI is InChI=1S/C19H19F3N6O.ClH/c1-12-11-29-9-8-28(12)18-26-16-14(5-3-7-24-16)17(27-18)25-10-13-4-2-6-23-15(13)19(20,21)22;/h2-7,12H,8-11H2,1H3,(H,24,25,26,27);1H/t12-;/m0./s1. The Morgan fingerprint density at radius 2 is 1.93 bits per heavy atom. The summed E-state index contributed by atoms with van der Waals surface area (Å²) in [5.74, 6) is 0.894. The summed E-state index contributed by atoms with van der Waals surface area (Å²) in [6, 6.07) is 6.47. The third-order valence-electron chi connectivity index (χ3n) is 4.69. The molecular weight excluding hydrogens is 421 g/mol. The monoisotopic (exact) mass is 440 g/mol. The molecule has 3 aromatic heterocycles. The maximum Gasteiger partial charge on any atom is 0.433 e. The summed E-state index contributed by atoms with van der Waals surface area (Å²) in [6.45, 7) is 3.66. The van der Waals surface area contributed by atoms with E-state index in [2.05, 4.69) is 25.3 Å². The zero-order valence-corrected chi connectivity index (χ0v) is 16.9. The highest BCUT2D eigenvalue weighted by atomic mass is 35.5. The van der Waals surface area contributed by atoms with Gasteiger partial charge < -0.3 is 15.0 Å². The Labute approximate surface area is 177 Å². The van der Waals surface area contributed by atoms with Gasteiger partial charge in [0.15, 0.2) is 5.65 Å². The predicted molar refractivity (Wildman–Crippen MR) is 109 cm³/mol. The normalized spacial score (nSPS) is 16.9. The zero-order valence-electron chi connectivity index (χ0n) is 16.1. The summed E-state index contributed by atoms with van der Waals surface area (Å²) >= 11 is 0. The summed E-state index contributed by atoms with van der Waals surface area (Å²) in [5, 5.41) is 3.66. The molecule has 1 N–H and O–H groups in total. The lowest BCUT2D eigenvalue weighted by Gasteiger charge is -2.33. The Morgan fingerprint density at radius 3 is 2.70 bits per heavy atom. The fourth-order valence-electron chi connectivity index (χ4n) is 3.25. The van der Waals surface area contributed by atoms with E-state index >= 15 is 0 Å². The first-order valence-corrected chi connectivity index (χ1v) is 9.15. The van der Waals surface area contributed by atoms with E-state index in [0.717, 1.165) is 6.20 Å². The molecule has 0 unspecified atom stereocenters. The van der Waals surface area contributed by atoms with Crippen LogP contribution >= 0.6 is 12.4 Å². The molecule has 4 rings (SSSR count). The van der Waals surface area contributed by atoms with Crippen molar-refractivity contribution in [2.24, 2.45) is 0 Å². The average molecular weight is 441 g/mol. The zero-order chi connectivity index (χ0) is 20.4. The SMILES string of the molecule is C[C@H]1COCCN1c1nc(NCc2cccnc2C(F)(F)F)c2cccnc2n1.Cl. The van der Waals surface area contributed by atoms with Gasteiger partial charge in [0, 0.05) is 31.0 Å². The second kappa shape index (κ2) is 8.97. The summed E-state index contributed by atoms with van der Waals surface area (Å²) in [5.41, 5.74) is -0.399. The molecule has 0 bridgehead atoms. The van der Waals surface area contributed by atoms with Crippen LogP contribution in [0.2, 0.25) is 0 Å². The number of ether oxygens (including phenoxy) is 1. The van der Waals surface area contributed by atoms with Crippen molar-refractivity contribution in [2.75, 3.05) is 30.0 Å². The van der Waals surface area contributed by atoms with Crippen molar-refractivity contribution < 1.29 is 17.9 Å². The summed E-state index contributed by atoms with van der Waals surface area (Å²) in [4.78, 5) is 18.9. The van der Waals surface area contributed by atoms with Crippen molar-refractivity contribution >= 4 is 35.2 Å². The number of hydrogen-bond acceptors (Lipinski definition) is 7. The number of aromatic nitrogens is 4. The topological polar surface area (TPSA) is 76.1 Å². The molecular formula is C19H20ClF3N6O. The molecule has 1 aliphatic heterocycles. The van der Waals surface area contributed by atoms with E-state index in [-0.39, 0.29) is 30.6 Å². The third-order valence-corrected chi connectivity index (χ3v) is 4.69. The molecule has 11 heteroatoms. The van der Waals surface area contributed by atoms with Gasteiger partial charge in [0.1, 0.15) is 11.5 Å². The van der Waals surface area contributed by atoms with E-state index in [0.29, 0.717) is 42.6 Å². The smallest absolute Gasteiger partial charge is 0.377 e. The van der Waals surface area contributed by atoms with E-state index in [9.17, 15) is 13.2 Å². The maximum atomic E-state index is 13.2. The van der Waals surface area contributed by atoms with Crippen molar-refractivity contribution in [3.05, 3.63) is 47.9 Å². The lowest BCUT2D eigenvalue weighted by Crippen LogP contribution is -2.44. The first-order valence-electron chi connectivity index (χ1n) is 9.15. The van der Waals surface area contributed by atoms with Crippen LogP contribution in [0.1, 0.15) is 18.2 Å². The van der Waals surface area contributed by atoms with Crippen molar-refractivity contribution in [2.45, 2.75) is 25.7 Å².